The Morgan fingerprint density at radius 2 is 2.00 bits per heavy atom. The molecule has 0 spiro atoms. The molecule has 126 valence electrons. The molecule has 0 N–H and O–H groups in total. The number of ether oxygens (including phenoxy) is 2. The van der Waals surface area contributed by atoms with Gasteiger partial charge in [0.2, 0.25) is 6.79 Å². The van der Waals surface area contributed by atoms with Crippen LogP contribution in [0.5, 0.6) is 11.5 Å². The van der Waals surface area contributed by atoms with E-state index in [1.165, 1.54) is 17.1 Å². The summed E-state index contributed by atoms with van der Waals surface area (Å²) < 4.78 is 14.6. The van der Waals surface area contributed by atoms with Gasteiger partial charge in [0.25, 0.3) is 5.91 Å². The number of hydrogen-bond donors (Lipinski definition) is 0. The fourth-order valence-corrected chi connectivity index (χ4v) is 3.60. The maximum atomic E-state index is 12.5. The second kappa shape index (κ2) is 6.37. The summed E-state index contributed by atoms with van der Waals surface area (Å²) in [6, 6.07) is 6.06. The number of nitrogens with zero attached hydrogens (tertiary/aromatic N) is 4. The number of rotatable bonds is 3. The van der Waals surface area contributed by atoms with E-state index in [0.29, 0.717) is 17.4 Å². The topological polar surface area (TPSA) is 67.8 Å². The Labute approximate surface area is 143 Å². The van der Waals surface area contributed by atoms with Crippen LogP contribution < -0.4 is 9.47 Å². The van der Waals surface area contributed by atoms with Crippen LogP contribution >= 0.6 is 11.5 Å². The highest BCUT2D eigenvalue weighted by atomic mass is 32.1. The Balaban J connectivity index is 1.35. The molecule has 1 aromatic carbocycles. The van der Waals surface area contributed by atoms with Crippen molar-refractivity contribution >= 4 is 17.4 Å². The lowest BCUT2D eigenvalue weighted by Gasteiger charge is -2.34. The summed E-state index contributed by atoms with van der Waals surface area (Å²) in [5.74, 6) is 1.67. The number of hydrogen-bond acceptors (Lipinski definition) is 7. The number of piperazine rings is 1. The number of carbonyl (C=O) groups is 1. The molecule has 0 radical (unpaired) electrons. The molecule has 1 saturated heterocycles. The third-order valence-corrected chi connectivity index (χ3v) is 5.16. The smallest absolute Gasteiger partial charge is 0.267 e. The van der Waals surface area contributed by atoms with Crippen LogP contribution in [0, 0.1) is 6.92 Å². The highest BCUT2D eigenvalue weighted by molar-refractivity contribution is 7.07. The van der Waals surface area contributed by atoms with Crippen LogP contribution in [0.2, 0.25) is 0 Å². The van der Waals surface area contributed by atoms with Gasteiger partial charge in [-0.2, -0.15) is 0 Å². The van der Waals surface area contributed by atoms with E-state index in [9.17, 15) is 4.79 Å². The molecule has 4 rings (SSSR count). The van der Waals surface area contributed by atoms with Crippen molar-refractivity contribution in [3.8, 4) is 11.5 Å². The second-order valence-electron chi connectivity index (χ2n) is 5.94. The molecule has 0 aliphatic carbocycles. The highest BCUT2D eigenvalue weighted by Gasteiger charge is 2.25. The van der Waals surface area contributed by atoms with Gasteiger partial charge in [0.15, 0.2) is 11.5 Å². The van der Waals surface area contributed by atoms with Crippen LogP contribution in [-0.2, 0) is 6.54 Å². The number of fused-ring (bicyclic) bond motifs is 1. The maximum Gasteiger partial charge on any atom is 0.267 e. The average molecular weight is 346 g/mol. The van der Waals surface area contributed by atoms with Crippen molar-refractivity contribution in [3.05, 3.63) is 34.3 Å². The maximum absolute atomic E-state index is 12.5. The first-order chi connectivity index (χ1) is 11.7. The predicted molar refractivity (Wildman–Crippen MR) is 88.4 cm³/mol. The second-order valence-corrected chi connectivity index (χ2v) is 6.70. The fourth-order valence-electron chi connectivity index (χ4n) is 2.98. The van der Waals surface area contributed by atoms with Crippen LogP contribution in [0.25, 0.3) is 0 Å². The van der Waals surface area contributed by atoms with E-state index < -0.39 is 0 Å². The van der Waals surface area contributed by atoms with E-state index in [1.807, 2.05) is 24.0 Å². The van der Waals surface area contributed by atoms with Gasteiger partial charge in [0, 0.05) is 32.7 Å². The van der Waals surface area contributed by atoms with Crippen LogP contribution in [0.3, 0.4) is 0 Å². The average Bonchev–Trinajstić information content (AvgIpc) is 3.23. The third-order valence-electron chi connectivity index (χ3n) is 4.35. The Kier molecular flexibility index (Phi) is 4.07. The number of carbonyl (C=O) groups excluding carboxylic acids is 1. The standard InChI is InChI=1S/C16H18N4O3S/c1-11-15(24-18-17-11)16(21)20-6-4-19(5-7-20)9-12-2-3-13-14(8-12)23-10-22-13/h2-3,8H,4-7,9-10H2,1H3. The van der Waals surface area contributed by atoms with Crippen molar-refractivity contribution in [2.45, 2.75) is 13.5 Å². The van der Waals surface area contributed by atoms with Crippen molar-refractivity contribution in [2.75, 3.05) is 33.0 Å². The lowest BCUT2D eigenvalue weighted by atomic mass is 10.1. The van der Waals surface area contributed by atoms with Gasteiger partial charge >= 0.3 is 0 Å². The zero-order chi connectivity index (χ0) is 16.5. The molecule has 1 amide bonds. The summed E-state index contributed by atoms with van der Waals surface area (Å²) in [4.78, 5) is 17.4. The molecule has 8 heteroatoms. The Morgan fingerprint density at radius 3 is 2.75 bits per heavy atom. The lowest BCUT2D eigenvalue weighted by molar-refractivity contribution is 0.0632. The molecule has 7 nitrogen and oxygen atoms in total. The SMILES string of the molecule is Cc1nnsc1C(=O)N1CCN(Cc2ccc3c(c2)OCO3)CC1. The summed E-state index contributed by atoms with van der Waals surface area (Å²) in [7, 11) is 0. The summed E-state index contributed by atoms with van der Waals surface area (Å²) in [5, 5.41) is 3.92. The van der Waals surface area contributed by atoms with Gasteiger partial charge < -0.3 is 14.4 Å². The Morgan fingerprint density at radius 1 is 1.21 bits per heavy atom. The highest BCUT2D eigenvalue weighted by Crippen LogP contribution is 2.32. The zero-order valence-electron chi connectivity index (χ0n) is 13.4. The van der Waals surface area contributed by atoms with Gasteiger partial charge in [-0.15, -0.1) is 5.10 Å². The molecular formula is C16H18N4O3S. The van der Waals surface area contributed by atoms with Crippen molar-refractivity contribution < 1.29 is 14.3 Å². The lowest BCUT2D eigenvalue weighted by Crippen LogP contribution is -2.48. The van der Waals surface area contributed by atoms with E-state index in [2.05, 4.69) is 20.6 Å². The monoisotopic (exact) mass is 346 g/mol. The van der Waals surface area contributed by atoms with Crippen LogP contribution in [0.1, 0.15) is 20.9 Å². The van der Waals surface area contributed by atoms with E-state index in [-0.39, 0.29) is 5.91 Å². The first-order valence-corrected chi connectivity index (χ1v) is 8.67. The van der Waals surface area contributed by atoms with Gasteiger partial charge in [-0.05, 0) is 36.2 Å². The molecule has 3 heterocycles. The minimum atomic E-state index is 0.0465. The van der Waals surface area contributed by atoms with Gasteiger partial charge in [-0.3, -0.25) is 9.69 Å². The van der Waals surface area contributed by atoms with Gasteiger partial charge in [0.1, 0.15) is 4.88 Å². The molecule has 24 heavy (non-hydrogen) atoms. The summed E-state index contributed by atoms with van der Waals surface area (Å²) in [6.45, 7) is 6.12. The van der Waals surface area contributed by atoms with Crippen LogP contribution in [-0.4, -0.2) is 58.3 Å². The van der Waals surface area contributed by atoms with E-state index in [4.69, 9.17) is 9.47 Å². The molecule has 0 unspecified atom stereocenters. The van der Waals surface area contributed by atoms with Crippen molar-refractivity contribution in [2.24, 2.45) is 0 Å². The van der Waals surface area contributed by atoms with E-state index in [1.54, 1.807) is 0 Å². The molecular weight excluding hydrogens is 328 g/mol. The van der Waals surface area contributed by atoms with Gasteiger partial charge in [-0.1, -0.05) is 10.6 Å². The molecule has 1 fully saturated rings. The Hall–Kier alpha value is -2.19. The number of aryl methyl sites for hydroxylation is 1. The van der Waals surface area contributed by atoms with Crippen LogP contribution in [0.4, 0.5) is 0 Å². The quantitative estimate of drug-likeness (QED) is 0.840. The summed E-state index contributed by atoms with van der Waals surface area (Å²) in [6.07, 6.45) is 0. The number of benzene rings is 1. The molecule has 2 aromatic rings. The first kappa shape index (κ1) is 15.3. The summed E-state index contributed by atoms with van der Waals surface area (Å²) in [5.41, 5.74) is 1.91. The molecule has 1 aromatic heterocycles. The van der Waals surface area contributed by atoms with Crippen molar-refractivity contribution in [1.82, 2.24) is 19.4 Å². The summed E-state index contributed by atoms with van der Waals surface area (Å²) >= 11 is 1.17. The predicted octanol–water partition coefficient (Wildman–Crippen LogP) is 1.53. The van der Waals surface area contributed by atoms with E-state index >= 15 is 0 Å². The molecule has 2 aliphatic heterocycles. The molecule has 0 bridgehead atoms. The normalized spacial score (nSPS) is 17.3. The molecule has 0 saturated carbocycles. The third kappa shape index (κ3) is 2.94. The van der Waals surface area contributed by atoms with E-state index in [0.717, 1.165) is 44.2 Å². The number of aromatic nitrogens is 2. The zero-order valence-corrected chi connectivity index (χ0v) is 14.2. The fraction of sp³-hybridized carbons (Fsp3) is 0.438. The largest absolute Gasteiger partial charge is 0.454 e. The Bertz CT molecular complexity index is 756. The van der Waals surface area contributed by atoms with Gasteiger partial charge in [-0.25, -0.2) is 0 Å². The first-order valence-electron chi connectivity index (χ1n) is 7.90. The number of amides is 1. The minimum Gasteiger partial charge on any atom is -0.454 e. The van der Waals surface area contributed by atoms with Crippen LogP contribution in [0.15, 0.2) is 18.2 Å². The van der Waals surface area contributed by atoms with Crippen molar-refractivity contribution in [1.29, 1.82) is 0 Å². The minimum absolute atomic E-state index is 0.0465. The van der Waals surface area contributed by atoms with Crippen molar-refractivity contribution in [3.63, 3.8) is 0 Å². The van der Waals surface area contributed by atoms with Gasteiger partial charge in [0.05, 0.1) is 5.69 Å². The molecule has 0 atom stereocenters. The molecule has 2 aliphatic rings.